The molecule has 0 N–H and O–H groups in total. The molecule has 10 heavy (non-hydrogen) atoms. The van der Waals surface area contributed by atoms with Gasteiger partial charge in [0, 0.05) is 18.9 Å². The van der Waals surface area contributed by atoms with Gasteiger partial charge in [-0.05, 0) is 18.9 Å². The second-order valence-electron chi connectivity index (χ2n) is 3.01. The minimum absolute atomic E-state index is 0.0618. The van der Waals surface area contributed by atoms with E-state index in [-0.39, 0.29) is 5.83 Å². The van der Waals surface area contributed by atoms with E-state index in [2.05, 4.69) is 0 Å². The van der Waals surface area contributed by atoms with E-state index >= 15 is 0 Å². The number of rotatable bonds is 0. The third-order valence-electron chi connectivity index (χ3n) is 2.32. The summed E-state index contributed by atoms with van der Waals surface area (Å²) < 4.78 is 18.0. The van der Waals surface area contributed by atoms with Gasteiger partial charge >= 0.3 is 0 Å². The third-order valence-corrected chi connectivity index (χ3v) is 2.32. The Morgan fingerprint density at radius 2 is 2.40 bits per heavy atom. The van der Waals surface area contributed by atoms with Crippen molar-refractivity contribution in [1.29, 1.82) is 0 Å². The maximum atomic E-state index is 12.6. The van der Waals surface area contributed by atoms with Gasteiger partial charge < -0.3 is 4.74 Å². The molecule has 0 spiro atoms. The molecule has 1 fully saturated rings. The minimum atomic E-state index is 0.0618. The van der Waals surface area contributed by atoms with Gasteiger partial charge in [-0.3, -0.25) is 0 Å². The van der Waals surface area contributed by atoms with Crippen molar-refractivity contribution in [3.05, 3.63) is 11.9 Å². The van der Waals surface area contributed by atoms with Crippen molar-refractivity contribution >= 4 is 0 Å². The highest BCUT2D eigenvalue weighted by atomic mass is 19.1. The van der Waals surface area contributed by atoms with Crippen LogP contribution in [0.15, 0.2) is 11.9 Å². The second-order valence-corrected chi connectivity index (χ2v) is 3.01. The molecule has 1 aliphatic carbocycles. The smallest absolute Gasteiger partial charge is 0.0964 e. The molecule has 56 valence electrons. The van der Waals surface area contributed by atoms with Gasteiger partial charge in [0.2, 0.25) is 0 Å². The molecule has 0 aromatic carbocycles. The van der Waals surface area contributed by atoms with Crippen LogP contribution in [0.5, 0.6) is 0 Å². The second kappa shape index (κ2) is 2.35. The number of hydrogen-bond acceptors (Lipinski definition) is 1. The van der Waals surface area contributed by atoms with E-state index in [9.17, 15) is 4.39 Å². The largest absolute Gasteiger partial charge is 0.378 e. The fraction of sp³-hybridized carbons (Fsp3) is 0.750. The van der Waals surface area contributed by atoms with Crippen LogP contribution in [0, 0.1) is 5.92 Å². The molecule has 0 bridgehead atoms. The molecule has 2 rings (SSSR count). The van der Waals surface area contributed by atoms with Crippen molar-refractivity contribution in [2.24, 2.45) is 5.92 Å². The van der Waals surface area contributed by atoms with Gasteiger partial charge in [-0.1, -0.05) is 0 Å². The topological polar surface area (TPSA) is 9.23 Å². The molecular formula is C8H11FO. The zero-order chi connectivity index (χ0) is 6.97. The van der Waals surface area contributed by atoms with E-state index in [0.717, 1.165) is 19.4 Å². The third kappa shape index (κ3) is 0.966. The first kappa shape index (κ1) is 6.35. The van der Waals surface area contributed by atoms with Crippen molar-refractivity contribution in [2.45, 2.75) is 25.4 Å². The summed E-state index contributed by atoms with van der Waals surface area (Å²) in [7, 11) is 0. The molecule has 2 aliphatic rings. The Kier molecular flexibility index (Phi) is 1.49. The van der Waals surface area contributed by atoms with Crippen LogP contribution in [-0.2, 0) is 4.74 Å². The van der Waals surface area contributed by atoms with Crippen LogP contribution in [0.25, 0.3) is 0 Å². The normalized spacial score (nSPS) is 39.1. The molecule has 0 amide bonds. The quantitative estimate of drug-likeness (QED) is 0.503. The summed E-state index contributed by atoms with van der Waals surface area (Å²) in [6, 6.07) is 0. The monoisotopic (exact) mass is 142 g/mol. The molecule has 2 atom stereocenters. The van der Waals surface area contributed by atoms with Crippen LogP contribution >= 0.6 is 0 Å². The van der Waals surface area contributed by atoms with Gasteiger partial charge in [-0.15, -0.1) is 0 Å². The van der Waals surface area contributed by atoms with Crippen molar-refractivity contribution in [3.8, 4) is 0 Å². The van der Waals surface area contributed by atoms with Crippen molar-refractivity contribution < 1.29 is 9.13 Å². The Hall–Kier alpha value is -0.370. The highest BCUT2D eigenvalue weighted by molar-refractivity contribution is 5.05. The minimum Gasteiger partial charge on any atom is -0.378 e. The van der Waals surface area contributed by atoms with Gasteiger partial charge in [0.15, 0.2) is 0 Å². The molecule has 0 aromatic heterocycles. The van der Waals surface area contributed by atoms with Crippen LogP contribution in [0.1, 0.15) is 19.3 Å². The summed E-state index contributed by atoms with van der Waals surface area (Å²) in [6.07, 6.45) is 4.55. The van der Waals surface area contributed by atoms with E-state index in [4.69, 9.17) is 4.74 Å². The van der Waals surface area contributed by atoms with E-state index in [1.54, 1.807) is 6.08 Å². The van der Waals surface area contributed by atoms with Gasteiger partial charge in [0.05, 0.1) is 11.9 Å². The standard InChI is InChI=1S/C8H11FO/c9-7-1-2-8-6(5-7)3-4-10-8/h5-6,8H,1-4H2. The number of fused-ring (bicyclic) bond motifs is 1. The molecule has 1 saturated heterocycles. The highest BCUT2D eigenvalue weighted by Crippen LogP contribution is 2.32. The molecule has 1 heterocycles. The summed E-state index contributed by atoms with van der Waals surface area (Å²) in [5, 5.41) is 0. The number of allylic oxidation sites excluding steroid dienone is 1. The molecule has 0 radical (unpaired) electrons. The Bertz CT molecular complexity index is 165. The van der Waals surface area contributed by atoms with Crippen molar-refractivity contribution in [3.63, 3.8) is 0 Å². The first-order valence-electron chi connectivity index (χ1n) is 3.84. The average molecular weight is 142 g/mol. The van der Waals surface area contributed by atoms with E-state index in [0.29, 0.717) is 18.4 Å². The van der Waals surface area contributed by atoms with Crippen molar-refractivity contribution in [1.82, 2.24) is 0 Å². The Labute approximate surface area is 59.9 Å². The molecule has 0 saturated carbocycles. The van der Waals surface area contributed by atoms with Gasteiger partial charge in [0.25, 0.3) is 0 Å². The van der Waals surface area contributed by atoms with Gasteiger partial charge in [-0.25, -0.2) is 4.39 Å². The molecular weight excluding hydrogens is 131 g/mol. The first-order valence-corrected chi connectivity index (χ1v) is 3.84. The maximum Gasteiger partial charge on any atom is 0.0964 e. The summed E-state index contributed by atoms with van der Waals surface area (Å²) in [6.45, 7) is 0.819. The molecule has 2 heteroatoms. The summed E-state index contributed by atoms with van der Waals surface area (Å²) >= 11 is 0. The molecule has 0 aromatic rings. The van der Waals surface area contributed by atoms with Crippen molar-refractivity contribution in [2.75, 3.05) is 6.61 Å². The molecule has 1 nitrogen and oxygen atoms in total. The Balaban J connectivity index is 2.13. The molecule has 2 unspecified atom stereocenters. The number of hydrogen-bond donors (Lipinski definition) is 0. The van der Waals surface area contributed by atoms with Crippen LogP contribution in [-0.4, -0.2) is 12.7 Å². The zero-order valence-corrected chi connectivity index (χ0v) is 5.85. The van der Waals surface area contributed by atoms with Gasteiger partial charge in [-0.2, -0.15) is 0 Å². The SMILES string of the molecule is FC1=CC2CCOC2CC1. The lowest BCUT2D eigenvalue weighted by Crippen LogP contribution is -2.17. The predicted octanol–water partition coefficient (Wildman–Crippen LogP) is 2.04. The number of ether oxygens (including phenoxy) is 1. The number of halogens is 1. The Morgan fingerprint density at radius 1 is 1.50 bits per heavy atom. The van der Waals surface area contributed by atoms with E-state index in [1.807, 2.05) is 0 Å². The summed E-state index contributed by atoms with van der Waals surface area (Å²) in [5.41, 5.74) is 0. The zero-order valence-electron chi connectivity index (χ0n) is 5.85. The van der Waals surface area contributed by atoms with Crippen LogP contribution in [0.4, 0.5) is 4.39 Å². The maximum absolute atomic E-state index is 12.6. The van der Waals surface area contributed by atoms with E-state index in [1.165, 1.54) is 0 Å². The first-order chi connectivity index (χ1) is 4.86. The van der Waals surface area contributed by atoms with Crippen LogP contribution < -0.4 is 0 Å². The van der Waals surface area contributed by atoms with E-state index < -0.39 is 0 Å². The lowest BCUT2D eigenvalue weighted by molar-refractivity contribution is 0.0861. The van der Waals surface area contributed by atoms with Gasteiger partial charge in [0.1, 0.15) is 0 Å². The lowest BCUT2D eigenvalue weighted by atomic mass is 9.92. The Morgan fingerprint density at radius 3 is 3.30 bits per heavy atom. The lowest BCUT2D eigenvalue weighted by Gasteiger charge is -2.19. The van der Waals surface area contributed by atoms with Crippen LogP contribution in [0.3, 0.4) is 0 Å². The molecule has 1 aliphatic heterocycles. The fourth-order valence-corrected chi connectivity index (χ4v) is 1.75. The summed E-state index contributed by atoms with van der Waals surface area (Å²) in [4.78, 5) is 0. The highest BCUT2D eigenvalue weighted by Gasteiger charge is 2.29. The average Bonchev–Trinajstić information content (AvgIpc) is 2.33. The summed E-state index contributed by atoms with van der Waals surface area (Å²) in [5.74, 6) is 0.445. The predicted molar refractivity (Wildman–Crippen MR) is 36.3 cm³/mol. The fourth-order valence-electron chi connectivity index (χ4n) is 1.75. The van der Waals surface area contributed by atoms with Crippen LogP contribution in [0.2, 0.25) is 0 Å².